The van der Waals surface area contributed by atoms with Gasteiger partial charge in [0.2, 0.25) is 5.95 Å². The highest BCUT2D eigenvalue weighted by molar-refractivity contribution is 6.35. The number of hydrogen-bond acceptors (Lipinski definition) is 5. The first-order valence-electron chi connectivity index (χ1n) is 7.85. The summed E-state index contributed by atoms with van der Waals surface area (Å²) in [5.74, 6) is 1.45. The molecule has 1 N–H and O–H groups in total. The number of anilines is 2. The summed E-state index contributed by atoms with van der Waals surface area (Å²) in [6, 6.07) is 5.54. The van der Waals surface area contributed by atoms with Crippen LogP contribution >= 0.6 is 23.2 Å². The van der Waals surface area contributed by atoms with Gasteiger partial charge in [-0.25, -0.2) is 0 Å². The van der Waals surface area contributed by atoms with Gasteiger partial charge in [0.05, 0.1) is 6.20 Å². The van der Waals surface area contributed by atoms with E-state index >= 15 is 0 Å². The van der Waals surface area contributed by atoms with Crippen molar-refractivity contribution >= 4 is 35.0 Å². The van der Waals surface area contributed by atoms with Crippen LogP contribution in [0.4, 0.5) is 11.8 Å². The molecule has 1 fully saturated rings. The average Bonchev–Trinajstić information content (AvgIpc) is 2.58. The summed E-state index contributed by atoms with van der Waals surface area (Å²) in [6.07, 6.45) is 6.21. The number of piperidine rings is 1. The smallest absolute Gasteiger partial charge is 0.244 e. The molecule has 1 aliphatic heterocycles. The van der Waals surface area contributed by atoms with E-state index in [0.29, 0.717) is 22.5 Å². The molecule has 3 rings (SSSR count). The predicted molar refractivity (Wildman–Crippen MR) is 94.5 cm³/mol. The summed E-state index contributed by atoms with van der Waals surface area (Å²) in [7, 11) is 0. The highest BCUT2D eigenvalue weighted by Crippen LogP contribution is 2.21. The molecular weight excluding hydrogens is 333 g/mol. The van der Waals surface area contributed by atoms with E-state index < -0.39 is 0 Å². The zero-order valence-corrected chi connectivity index (χ0v) is 14.3. The Bertz CT molecular complexity index is 659. The molecule has 1 aliphatic rings. The molecule has 23 heavy (non-hydrogen) atoms. The summed E-state index contributed by atoms with van der Waals surface area (Å²) in [5.41, 5.74) is 1.05. The van der Waals surface area contributed by atoms with E-state index in [0.717, 1.165) is 30.9 Å². The SMILES string of the molecule is Clc1ccc(CCNc2nncc(N3CCCCC3)n2)c(Cl)c1. The van der Waals surface area contributed by atoms with Crippen molar-refractivity contribution in [2.75, 3.05) is 29.9 Å². The molecule has 0 amide bonds. The second-order valence-corrected chi connectivity index (χ2v) is 6.44. The minimum Gasteiger partial charge on any atom is -0.355 e. The normalized spacial score (nSPS) is 14.8. The van der Waals surface area contributed by atoms with E-state index in [-0.39, 0.29) is 0 Å². The van der Waals surface area contributed by atoms with Crippen molar-refractivity contribution in [1.82, 2.24) is 15.2 Å². The largest absolute Gasteiger partial charge is 0.355 e. The first-order chi connectivity index (χ1) is 11.2. The maximum absolute atomic E-state index is 6.18. The molecule has 0 atom stereocenters. The number of hydrogen-bond donors (Lipinski definition) is 1. The van der Waals surface area contributed by atoms with E-state index in [1.807, 2.05) is 12.1 Å². The zero-order chi connectivity index (χ0) is 16.1. The van der Waals surface area contributed by atoms with Crippen molar-refractivity contribution in [3.63, 3.8) is 0 Å². The molecule has 0 unspecified atom stereocenters. The van der Waals surface area contributed by atoms with E-state index in [4.69, 9.17) is 23.2 Å². The Morgan fingerprint density at radius 2 is 1.96 bits per heavy atom. The molecule has 1 saturated heterocycles. The Balaban J connectivity index is 1.57. The minimum absolute atomic E-state index is 0.554. The Hall–Kier alpha value is -1.59. The second-order valence-electron chi connectivity index (χ2n) is 5.60. The van der Waals surface area contributed by atoms with Crippen LogP contribution in [0.2, 0.25) is 10.0 Å². The van der Waals surface area contributed by atoms with Gasteiger partial charge in [-0.3, -0.25) is 0 Å². The molecule has 1 aromatic heterocycles. The first-order valence-corrected chi connectivity index (χ1v) is 8.60. The van der Waals surface area contributed by atoms with Crippen LogP contribution in [0.15, 0.2) is 24.4 Å². The van der Waals surface area contributed by atoms with E-state index in [2.05, 4.69) is 25.4 Å². The van der Waals surface area contributed by atoms with Crippen LogP contribution in [0.25, 0.3) is 0 Å². The third kappa shape index (κ3) is 4.45. The van der Waals surface area contributed by atoms with Crippen molar-refractivity contribution in [2.24, 2.45) is 0 Å². The van der Waals surface area contributed by atoms with Crippen LogP contribution in [0.1, 0.15) is 24.8 Å². The van der Waals surface area contributed by atoms with Gasteiger partial charge >= 0.3 is 0 Å². The average molecular weight is 352 g/mol. The number of aromatic nitrogens is 3. The van der Waals surface area contributed by atoms with Gasteiger partial charge in [-0.2, -0.15) is 10.1 Å². The Morgan fingerprint density at radius 1 is 1.13 bits per heavy atom. The lowest BCUT2D eigenvalue weighted by atomic mass is 10.1. The van der Waals surface area contributed by atoms with Gasteiger partial charge in [0.25, 0.3) is 0 Å². The van der Waals surface area contributed by atoms with Gasteiger partial charge in [-0.1, -0.05) is 29.3 Å². The third-order valence-corrected chi connectivity index (χ3v) is 4.51. The Labute approximate surface area is 146 Å². The Morgan fingerprint density at radius 3 is 2.74 bits per heavy atom. The van der Waals surface area contributed by atoms with Gasteiger partial charge in [0.15, 0.2) is 5.82 Å². The molecule has 122 valence electrons. The number of nitrogens with one attached hydrogen (secondary N) is 1. The summed E-state index contributed by atoms with van der Waals surface area (Å²) < 4.78 is 0. The fraction of sp³-hybridized carbons (Fsp3) is 0.438. The summed E-state index contributed by atoms with van der Waals surface area (Å²) in [6.45, 7) is 2.77. The van der Waals surface area contributed by atoms with Crippen molar-refractivity contribution in [3.05, 3.63) is 40.0 Å². The standard InChI is InChI=1S/C16H19Cl2N5/c17-13-5-4-12(14(18)10-13)6-7-19-16-21-15(11-20-22-16)23-8-2-1-3-9-23/h4-5,10-11H,1-3,6-9H2,(H,19,21,22). The summed E-state index contributed by atoms with van der Waals surface area (Å²) in [4.78, 5) is 6.81. The molecule has 0 bridgehead atoms. The van der Waals surface area contributed by atoms with Crippen LogP contribution in [0.3, 0.4) is 0 Å². The van der Waals surface area contributed by atoms with Crippen molar-refractivity contribution in [2.45, 2.75) is 25.7 Å². The summed E-state index contributed by atoms with van der Waals surface area (Å²) in [5, 5.41) is 12.6. The highest BCUT2D eigenvalue weighted by atomic mass is 35.5. The lowest BCUT2D eigenvalue weighted by Gasteiger charge is -2.27. The Kier molecular flexibility index (Phi) is 5.51. The minimum atomic E-state index is 0.554. The van der Waals surface area contributed by atoms with Crippen LogP contribution < -0.4 is 10.2 Å². The van der Waals surface area contributed by atoms with Gasteiger partial charge < -0.3 is 10.2 Å². The van der Waals surface area contributed by atoms with Gasteiger partial charge in [0.1, 0.15) is 0 Å². The lowest BCUT2D eigenvalue weighted by molar-refractivity contribution is 0.572. The second kappa shape index (κ2) is 7.79. The van der Waals surface area contributed by atoms with Crippen molar-refractivity contribution in [3.8, 4) is 0 Å². The maximum Gasteiger partial charge on any atom is 0.244 e. The fourth-order valence-corrected chi connectivity index (χ4v) is 3.18. The number of rotatable bonds is 5. The van der Waals surface area contributed by atoms with Gasteiger partial charge in [-0.15, -0.1) is 5.10 Å². The molecule has 5 nitrogen and oxygen atoms in total. The molecule has 0 radical (unpaired) electrons. The van der Waals surface area contributed by atoms with E-state index in [9.17, 15) is 0 Å². The number of benzene rings is 1. The molecule has 0 spiro atoms. The van der Waals surface area contributed by atoms with Gasteiger partial charge in [0, 0.05) is 29.7 Å². The predicted octanol–water partition coefficient (Wildman–Crippen LogP) is 3.82. The summed E-state index contributed by atoms with van der Waals surface area (Å²) >= 11 is 12.1. The molecule has 2 aromatic rings. The molecule has 2 heterocycles. The van der Waals surface area contributed by atoms with Crippen LogP contribution in [0, 0.1) is 0 Å². The first kappa shape index (κ1) is 16.3. The monoisotopic (exact) mass is 351 g/mol. The van der Waals surface area contributed by atoms with Gasteiger partial charge in [-0.05, 0) is 43.4 Å². The molecule has 7 heteroatoms. The molecule has 0 saturated carbocycles. The molecular formula is C16H19Cl2N5. The van der Waals surface area contributed by atoms with Crippen LogP contribution in [-0.4, -0.2) is 34.8 Å². The van der Waals surface area contributed by atoms with Crippen molar-refractivity contribution < 1.29 is 0 Å². The third-order valence-electron chi connectivity index (χ3n) is 3.92. The number of halogens is 2. The van der Waals surface area contributed by atoms with Crippen LogP contribution in [0.5, 0.6) is 0 Å². The molecule has 1 aromatic carbocycles. The quantitative estimate of drug-likeness (QED) is 0.887. The zero-order valence-electron chi connectivity index (χ0n) is 12.8. The fourth-order valence-electron chi connectivity index (χ4n) is 2.68. The van der Waals surface area contributed by atoms with Crippen molar-refractivity contribution in [1.29, 1.82) is 0 Å². The topological polar surface area (TPSA) is 53.9 Å². The lowest BCUT2D eigenvalue weighted by Crippen LogP contribution is -2.30. The highest BCUT2D eigenvalue weighted by Gasteiger charge is 2.13. The van der Waals surface area contributed by atoms with E-state index in [1.54, 1.807) is 12.3 Å². The van der Waals surface area contributed by atoms with Crippen LogP contribution in [-0.2, 0) is 6.42 Å². The number of nitrogens with zero attached hydrogens (tertiary/aromatic N) is 4. The van der Waals surface area contributed by atoms with E-state index in [1.165, 1.54) is 19.3 Å². The molecule has 0 aliphatic carbocycles. The maximum atomic E-state index is 6.18.